The summed E-state index contributed by atoms with van der Waals surface area (Å²) in [5, 5.41) is 0. The molecule has 0 amide bonds. The number of benzene rings is 2. The van der Waals surface area contributed by atoms with Gasteiger partial charge in [-0.15, -0.1) is 0 Å². The second-order valence-corrected chi connectivity index (χ2v) is 7.95. The van der Waals surface area contributed by atoms with Gasteiger partial charge in [-0.05, 0) is 30.2 Å². The minimum absolute atomic E-state index is 0.198. The number of aromatic amines is 2. The van der Waals surface area contributed by atoms with Crippen molar-refractivity contribution in [2.75, 3.05) is 40.1 Å². The average molecular weight is 406 g/mol. The van der Waals surface area contributed by atoms with E-state index in [1.165, 1.54) is 5.56 Å². The molecule has 30 heavy (non-hydrogen) atoms. The van der Waals surface area contributed by atoms with Crippen molar-refractivity contribution in [2.45, 2.75) is 13.5 Å². The number of fused-ring (bicyclic) bond motifs is 1. The van der Waals surface area contributed by atoms with Crippen LogP contribution < -0.4 is 5.69 Å². The van der Waals surface area contributed by atoms with Gasteiger partial charge in [0.15, 0.2) is 6.73 Å². The lowest BCUT2D eigenvalue weighted by Crippen LogP contribution is -2.35. The van der Waals surface area contributed by atoms with E-state index < -0.39 is 0 Å². The Morgan fingerprint density at radius 3 is 2.63 bits per heavy atom. The number of allylic oxidation sites excluding steroid dienone is 1. The van der Waals surface area contributed by atoms with Crippen LogP contribution in [0.25, 0.3) is 27.9 Å². The van der Waals surface area contributed by atoms with E-state index in [-0.39, 0.29) is 5.69 Å². The molecule has 7 nitrogen and oxygen atoms in total. The summed E-state index contributed by atoms with van der Waals surface area (Å²) in [6.45, 7) is 6.77. The lowest BCUT2D eigenvalue weighted by Gasteiger charge is -2.27. The predicted molar refractivity (Wildman–Crippen MR) is 117 cm³/mol. The van der Waals surface area contributed by atoms with Gasteiger partial charge in [-0.25, -0.2) is 4.79 Å². The first-order valence-corrected chi connectivity index (χ1v) is 10.3. The van der Waals surface area contributed by atoms with Gasteiger partial charge >= 0.3 is 5.69 Å². The van der Waals surface area contributed by atoms with Crippen LogP contribution in [0.15, 0.2) is 47.0 Å². The Labute approximate surface area is 174 Å². The predicted octanol–water partition coefficient (Wildman–Crippen LogP) is 2.96. The van der Waals surface area contributed by atoms with Crippen LogP contribution in [0.3, 0.4) is 0 Å². The molecule has 2 aliphatic heterocycles. The molecule has 1 aromatic heterocycles. The fourth-order valence-electron chi connectivity index (χ4n) is 4.43. The number of hydrogen-bond acceptors (Lipinski definition) is 5. The van der Waals surface area contributed by atoms with Crippen LogP contribution in [-0.4, -0.2) is 59.8 Å². The van der Waals surface area contributed by atoms with E-state index in [0.29, 0.717) is 6.73 Å². The molecule has 156 valence electrons. The standard InChI is InChI=1S/C23H26N4O3/c1-15-22(26(2)14-30-15)17-11-19(21-20(12-17)24-23(28)25-21)18-6-4-3-5-16(18)13-27-7-9-29-10-8-27/h3-6,11-12H,7-10,13-14H2,1-2H3,(H2,24,25,28). The molecule has 3 aromatic rings. The van der Waals surface area contributed by atoms with E-state index in [9.17, 15) is 4.79 Å². The van der Waals surface area contributed by atoms with E-state index in [2.05, 4.69) is 50.1 Å². The Hall–Kier alpha value is -3.03. The average Bonchev–Trinajstić information content (AvgIpc) is 3.29. The number of rotatable bonds is 4. The van der Waals surface area contributed by atoms with Gasteiger partial charge in [0.2, 0.25) is 0 Å². The van der Waals surface area contributed by atoms with Crippen molar-refractivity contribution in [1.82, 2.24) is 19.8 Å². The summed E-state index contributed by atoms with van der Waals surface area (Å²) in [7, 11) is 2.02. The van der Waals surface area contributed by atoms with Gasteiger partial charge in [-0.3, -0.25) is 4.90 Å². The van der Waals surface area contributed by atoms with Crippen LogP contribution in [0.1, 0.15) is 18.1 Å². The lowest BCUT2D eigenvalue weighted by atomic mass is 9.95. The maximum atomic E-state index is 12.2. The molecule has 0 radical (unpaired) electrons. The Morgan fingerprint density at radius 1 is 1.07 bits per heavy atom. The summed E-state index contributed by atoms with van der Waals surface area (Å²) in [6, 6.07) is 12.6. The van der Waals surface area contributed by atoms with Crippen LogP contribution in [0.4, 0.5) is 0 Å². The van der Waals surface area contributed by atoms with Crippen molar-refractivity contribution in [3.05, 3.63) is 63.8 Å². The number of morpholine rings is 1. The van der Waals surface area contributed by atoms with E-state index in [1.807, 2.05) is 20.0 Å². The third-order valence-electron chi connectivity index (χ3n) is 5.89. The topological polar surface area (TPSA) is 73.6 Å². The van der Waals surface area contributed by atoms with Crippen molar-refractivity contribution in [1.29, 1.82) is 0 Å². The molecule has 2 N–H and O–H groups in total. The zero-order valence-electron chi connectivity index (χ0n) is 17.3. The monoisotopic (exact) mass is 406 g/mol. The van der Waals surface area contributed by atoms with Crippen molar-refractivity contribution >= 4 is 16.7 Å². The molecular weight excluding hydrogens is 380 g/mol. The second kappa shape index (κ2) is 7.66. The molecule has 0 atom stereocenters. The van der Waals surface area contributed by atoms with Crippen LogP contribution in [0, 0.1) is 0 Å². The zero-order chi connectivity index (χ0) is 20.7. The summed E-state index contributed by atoms with van der Waals surface area (Å²) < 4.78 is 11.2. The van der Waals surface area contributed by atoms with E-state index in [4.69, 9.17) is 9.47 Å². The van der Waals surface area contributed by atoms with Gasteiger partial charge in [0.05, 0.1) is 29.9 Å². The fourth-order valence-corrected chi connectivity index (χ4v) is 4.43. The number of H-pyrrole nitrogens is 2. The van der Waals surface area contributed by atoms with Crippen LogP contribution in [-0.2, 0) is 16.0 Å². The number of aromatic nitrogens is 2. The molecule has 0 bridgehead atoms. The summed E-state index contributed by atoms with van der Waals surface area (Å²) in [5.41, 5.74) is 6.90. The highest BCUT2D eigenvalue weighted by Crippen LogP contribution is 2.36. The Kier molecular flexibility index (Phi) is 4.84. The Morgan fingerprint density at radius 2 is 1.87 bits per heavy atom. The highest BCUT2D eigenvalue weighted by atomic mass is 16.5. The molecule has 1 fully saturated rings. The molecular formula is C23H26N4O3. The summed E-state index contributed by atoms with van der Waals surface area (Å²) in [4.78, 5) is 22.6. The lowest BCUT2D eigenvalue weighted by molar-refractivity contribution is 0.0342. The number of nitrogens with zero attached hydrogens (tertiary/aromatic N) is 2. The quantitative estimate of drug-likeness (QED) is 0.697. The third kappa shape index (κ3) is 3.40. The van der Waals surface area contributed by atoms with Crippen LogP contribution in [0.5, 0.6) is 0 Å². The molecule has 0 aliphatic carbocycles. The number of ether oxygens (including phenoxy) is 2. The molecule has 0 unspecified atom stereocenters. The normalized spacial score (nSPS) is 17.7. The Balaban J connectivity index is 1.66. The molecule has 2 aromatic carbocycles. The number of hydrogen-bond donors (Lipinski definition) is 2. The highest BCUT2D eigenvalue weighted by Gasteiger charge is 2.22. The SMILES string of the molecule is CC1=C(c2cc(-c3ccccc3CN3CCOCC3)c3[nH]c(=O)[nH]c3c2)N(C)CO1. The minimum Gasteiger partial charge on any atom is -0.476 e. The first kappa shape index (κ1) is 19.0. The van der Waals surface area contributed by atoms with Gasteiger partial charge in [-0.1, -0.05) is 24.3 Å². The molecule has 5 rings (SSSR count). The Bertz CT molecular complexity index is 1170. The third-order valence-corrected chi connectivity index (χ3v) is 5.89. The first-order valence-electron chi connectivity index (χ1n) is 10.3. The van der Waals surface area contributed by atoms with Crippen molar-refractivity contribution < 1.29 is 9.47 Å². The second-order valence-electron chi connectivity index (χ2n) is 7.95. The first-order chi connectivity index (χ1) is 14.6. The van der Waals surface area contributed by atoms with E-state index in [1.54, 1.807) is 0 Å². The van der Waals surface area contributed by atoms with Crippen molar-refractivity contribution in [3.8, 4) is 11.1 Å². The van der Waals surface area contributed by atoms with Gasteiger partial charge in [0.1, 0.15) is 5.76 Å². The largest absolute Gasteiger partial charge is 0.476 e. The zero-order valence-corrected chi connectivity index (χ0v) is 17.3. The van der Waals surface area contributed by atoms with Crippen molar-refractivity contribution in [3.63, 3.8) is 0 Å². The molecule has 7 heteroatoms. The highest BCUT2D eigenvalue weighted by molar-refractivity contribution is 5.95. The summed E-state index contributed by atoms with van der Waals surface area (Å²) >= 11 is 0. The van der Waals surface area contributed by atoms with Gasteiger partial charge in [-0.2, -0.15) is 0 Å². The molecule has 3 heterocycles. The minimum atomic E-state index is -0.198. The fraction of sp³-hybridized carbons (Fsp3) is 0.348. The summed E-state index contributed by atoms with van der Waals surface area (Å²) in [6.07, 6.45) is 0. The van der Waals surface area contributed by atoms with Gasteiger partial charge in [0, 0.05) is 37.8 Å². The van der Waals surface area contributed by atoms with Crippen molar-refractivity contribution in [2.24, 2.45) is 0 Å². The molecule has 0 spiro atoms. The molecule has 2 aliphatic rings. The van der Waals surface area contributed by atoms with E-state index >= 15 is 0 Å². The maximum absolute atomic E-state index is 12.2. The smallest absolute Gasteiger partial charge is 0.323 e. The number of nitrogens with one attached hydrogen (secondary N) is 2. The molecule has 0 saturated carbocycles. The molecule has 1 saturated heterocycles. The van der Waals surface area contributed by atoms with Crippen LogP contribution in [0.2, 0.25) is 0 Å². The van der Waals surface area contributed by atoms with Gasteiger partial charge in [0.25, 0.3) is 0 Å². The van der Waals surface area contributed by atoms with Crippen LogP contribution >= 0.6 is 0 Å². The maximum Gasteiger partial charge on any atom is 0.323 e. The van der Waals surface area contributed by atoms with E-state index in [0.717, 1.165) is 72.0 Å². The number of imidazole rings is 1. The summed E-state index contributed by atoms with van der Waals surface area (Å²) in [5.74, 6) is 0.891. The van der Waals surface area contributed by atoms with Gasteiger partial charge < -0.3 is 24.3 Å².